The van der Waals surface area contributed by atoms with E-state index in [4.69, 9.17) is 4.74 Å². The van der Waals surface area contributed by atoms with Crippen molar-refractivity contribution in [3.63, 3.8) is 0 Å². The summed E-state index contributed by atoms with van der Waals surface area (Å²) < 4.78 is 5.67. The van der Waals surface area contributed by atoms with E-state index in [1.807, 2.05) is 0 Å². The van der Waals surface area contributed by atoms with E-state index in [0.29, 0.717) is 5.92 Å². The van der Waals surface area contributed by atoms with E-state index in [-0.39, 0.29) is 11.7 Å². The van der Waals surface area contributed by atoms with Crippen LogP contribution in [0.25, 0.3) is 0 Å². The number of ether oxygens (including phenoxy) is 1. The van der Waals surface area contributed by atoms with Crippen LogP contribution in [0.1, 0.15) is 59.3 Å². The SMILES string of the molecule is COC1(C(O)CCC(C)C)CCC(C)CC1. The van der Waals surface area contributed by atoms with Crippen LogP contribution in [0.5, 0.6) is 0 Å². The van der Waals surface area contributed by atoms with Gasteiger partial charge in [-0.25, -0.2) is 0 Å². The molecule has 0 bridgehead atoms. The van der Waals surface area contributed by atoms with Gasteiger partial charge < -0.3 is 9.84 Å². The molecule has 0 aromatic heterocycles. The smallest absolute Gasteiger partial charge is 0.0936 e. The van der Waals surface area contributed by atoms with Gasteiger partial charge in [0.1, 0.15) is 0 Å². The van der Waals surface area contributed by atoms with Gasteiger partial charge >= 0.3 is 0 Å². The fourth-order valence-corrected chi connectivity index (χ4v) is 2.68. The molecule has 16 heavy (non-hydrogen) atoms. The highest BCUT2D eigenvalue weighted by Gasteiger charge is 2.40. The van der Waals surface area contributed by atoms with Crippen molar-refractivity contribution in [2.75, 3.05) is 7.11 Å². The lowest BCUT2D eigenvalue weighted by molar-refractivity contribution is -0.131. The highest BCUT2D eigenvalue weighted by Crippen LogP contribution is 2.38. The molecular formula is C14H28O2. The number of methoxy groups -OCH3 is 1. The maximum Gasteiger partial charge on any atom is 0.0936 e. The molecule has 0 spiro atoms. The van der Waals surface area contributed by atoms with Crippen LogP contribution in [-0.4, -0.2) is 23.9 Å². The summed E-state index contributed by atoms with van der Waals surface area (Å²) in [5.41, 5.74) is -0.249. The first-order chi connectivity index (χ1) is 7.50. The van der Waals surface area contributed by atoms with E-state index in [2.05, 4.69) is 20.8 Å². The number of hydrogen-bond donors (Lipinski definition) is 1. The van der Waals surface area contributed by atoms with Crippen molar-refractivity contribution in [2.24, 2.45) is 11.8 Å². The standard InChI is InChI=1S/C14H28O2/c1-11(2)5-6-13(15)14(16-4)9-7-12(3)8-10-14/h11-13,15H,5-10H2,1-4H3. The molecule has 0 heterocycles. The van der Waals surface area contributed by atoms with Crippen LogP contribution < -0.4 is 0 Å². The van der Waals surface area contributed by atoms with Crippen LogP contribution in [0.15, 0.2) is 0 Å². The van der Waals surface area contributed by atoms with Crippen LogP contribution in [-0.2, 0) is 4.74 Å². The van der Waals surface area contributed by atoms with Crippen molar-refractivity contribution in [3.05, 3.63) is 0 Å². The fraction of sp³-hybridized carbons (Fsp3) is 1.00. The second-order valence-corrected chi connectivity index (χ2v) is 5.94. The van der Waals surface area contributed by atoms with Crippen molar-refractivity contribution >= 4 is 0 Å². The second-order valence-electron chi connectivity index (χ2n) is 5.94. The van der Waals surface area contributed by atoms with Gasteiger partial charge in [0.05, 0.1) is 11.7 Å². The molecule has 1 aliphatic rings. The normalized spacial score (nSPS) is 33.0. The van der Waals surface area contributed by atoms with Gasteiger partial charge in [-0.3, -0.25) is 0 Å². The Kier molecular flexibility index (Phi) is 5.26. The predicted octanol–water partition coefficient (Wildman–Crippen LogP) is 3.38. The maximum absolute atomic E-state index is 10.3. The Morgan fingerprint density at radius 3 is 2.25 bits per heavy atom. The molecule has 1 unspecified atom stereocenters. The van der Waals surface area contributed by atoms with Crippen molar-refractivity contribution in [1.82, 2.24) is 0 Å². The van der Waals surface area contributed by atoms with Crippen molar-refractivity contribution in [1.29, 1.82) is 0 Å². The van der Waals surface area contributed by atoms with Gasteiger partial charge in [0, 0.05) is 7.11 Å². The van der Waals surface area contributed by atoms with E-state index in [0.717, 1.165) is 31.6 Å². The molecule has 0 radical (unpaired) electrons. The summed E-state index contributed by atoms with van der Waals surface area (Å²) in [5, 5.41) is 10.3. The van der Waals surface area contributed by atoms with Crippen LogP contribution in [0.3, 0.4) is 0 Å². The number of hydrogen-bond acceptors (Lipinski definition) is 2. The molecule has 0 saturated heterocycles. The third-order valence-corrected chi connectivity index (χ3v) is 4.15. The maximum atomic E-state index is 10.3. The first-order valence-corrected chi connectivity index (χ1v) is 6.73. The van der Waals surface area contributed by atoms with Gasteiger partial charge in [-0.2, -0.15) is 0 Å². The quantitative estimate of drug-likeness (QED) is 0.781. The highest BCUT2D eigenvalue weighted by molar-refractivity contribution is 4.92. The van der Waals surface area contributed by atoms with E-state index >= 15 is 0 Å². The number of aliphatic hydroxyl groups excluding tert-OH is 1. The Hall–Kier alpha value is -0.0800. The largest absolute Gasteiger partial charge is 0.390 e. The zero-order valence-electron chi connectivity index (χ0n) is 11.3. The predicted molar refractivity (Wildman–Crippen MR) is 67.5 cm³/mol. The van der Waals surface area contributed by atoms with Crippen molar-refractivity contribution < 1.29 is 9.84 Å². The Labute approximate surface area is 100 Å². The molecule has 0 aromatic rings. The molecule has 0 aliphatic heterocycles. The molecule has 2 heteroatoms. The molecule has 0 amide bonds. The Morgan fingerprint density at radius 1 is 1.25 bits per heavy atom. The van der Waals surface area contributed by atoms with Crippen LogP contribution in [0, 0.1) is 11.8 Å². The summed E-state index contributed by atoms with van der Waals surface area (Å²) >= 11 is 0. The third kappa shape index (κ3) is 3.46. The molecule has 1 fully saturated rings. The molecule has 1 N–H and O–H groups in total. The molecule has 1 rings (SSSR count). The lowest BCUT2D eigenvalue weighted by Crippen LogP contribution is -2.46. The lowest BCUT2D eigenvalue weighted by atomic mass is 9.75. The van der Waals surface area contributed by atoms with E-state index in [9.17, 15) is 5.11 Å². The average molecular weight is 228 g/mol. The molecule has 1 aliphatic carbocycles. The molecule has 1 atom stereocenters. The van der Waals surface area contributed by atoms with Gasteiger partial charge in [0.25, 0.3) is 0 Å². The minimum absolute atomic E-state index is 0.249. The van der Waals surface area contributed by atoms with Crippen LogP contribution in [0.4, 0.5) is 0 Å². The number of rotatable bonds is 5. The van der Waals surface area contributed by atoms with Crippen molar-refractivity contribution in [2.45, 2.75) is 71.0 Å². The monoisotopic (exact) mass is 228 g/mol. The zero-order valence-corrected chi connectivity index (χ0v) is 11.3. The van der Waals surface area contributed by atoms with Gasteiger partial charge in [-0.05, 0) is 50.4 Å². The first kappa shape index (κ1) is 14.0. The molecular weight excluding hydrogens is 200 g/mol. The fourth-order valence-electron chi connectivity index (χ4n) is 2.68. The Bertz CT molecular complexity index is 193. The lowest BCUT2D eigenvalue weighted by Gasteiger charge is -2.42. The first-order valence-electron chi connectivity index (χ1n) is 6.73. The Morgan fingerprint density at radius 2 is 1.81 bits per heavy atom. The molecule has 1 saturated carbocycles. The highest BCUT2D eigenvalue weighted by atomic mass is 16.5. The van der Waals surface area contributed by atoms with Gasteiger partial charge in [-0.15, -0.1) is 0 Å². The van der Waals surface area contributed by atoms with Gasteiger partial charge in [-0.1, -0.05) is 20.8 Å². The Balaban J connectivity index is 2.51. The molecule has 2 nitrogen and oxygen atoms in total. The zero-order chi connectivity index (χ0) is 12.2. The van der Waals surface area contributed by atoms with E-state index in [1.165, 1.54) is 12.8 Å². The van der Waals surface area contributed by atoms with Crippen molar-refractivity contribution in [3.8, 4) is 0 Å². The summed E-state index contributed by atoms with van der Waals surface area (Å²) in [6, 6.07) is 0. The molecule has 0 aromatic carbocycles. The van der Waals surface area contributed by atoms with E-state index < -0.39 is 0 Å². The summed E-state index contributed by atoms with van der Waals surface area (Å²) in [5.74, 6) is 1.45. The summed E-state index contributed by atoms with van der Waals surface area (Å²) in [6.45, 7) is 6.70. The summed E-state index contributed by atoms with van der Waals surface area (Å²) in [4.78, 5) is 0. The average Bonchev–Trinajstić information content (AvgIpc) is 2.27. The summed E-state index contributed by atoms with van der Waals surface area (Å²) in [6.07, 6.45) is 6.08. The van der Waals surface area contributed by atoms with Crippen LogP contribution >= 0.6 is 0 Å². The van der Waals surface area contributed by atoms with Gasteiger partial charge in [0.15, 0.2) is 0 Å². The number of aliphatic hydroxyl groups is 1. The summed E-state index contributed by atoms with van der Waals surface area (Å²) in [7, 11) is 1.76. The third-order valence-electron chi connectivity index (χ3n) is 4.15. The van der Waals surface area contributed by atoms with Crippen LogP contribution in [0.2, 0.25) is 0 Å². The minimum atomic E-state index is -0.285. The van der Waals surface area contributed by atoms with Gasteiger partial charge in [0.2, 0.25) is 0 Å². The van der Waals surface area contributed by atoms with E-state index in [1.54, 1.807) is 7.11 Å². The minimum Gasteiger partial charge on any atom is -0.390 e. The second kappa shape index (κ2) is 6.02. The topological polar surface area (TPSA) is 29.5 Å². The molecule has 96 valence electrons.